The van der Waals surface area contributed by atoms with E-state index in [1.54, 1.807) is 30.3 Å². The molecule has 0 saturated heterocycles. The molecule has 0 spiro atoms. The molecule has 0 amide bonds. The van der Waals surface area contributed by atoms with Crippen LogP contribution in [-0.4, -0.2) is 64.1 Å². The standard InChI is InChI=1S/C13H18N2O6/c1-21-13(20)10(12(19)11(18)9(17)7-16)15-14-8-5-3-2-4-6-8/h2-6,9,11-12,14,16-19H,7H2,1H3/b15-10-/t9-,11+,12+/m1/s1. The van der Waals surface area contributed by atoms with Gasteiger partial charge in [0.05, 0.1) is 19.4 Å². The topological polar surface area (TPSA) is 132 Å². The molecule has 8 heteroatoms. The molecule has 0 saturated carbocycles. The number of benzene rings is 1. The van der Waals surface area contributed by atoms with Gasteiger partial charge < -0.3 is 25.2 Å². The van der Waals surface area contributed by atoms with Crippen molar-refractivity contribution in [3.63, 3.8) is 0 Å². The van der Waals surface area contributed by atoms with Crippen LogP contribution < -0.4 is 5.43 Å². The summed E-state index contributed by atoms with van der Waals surface area (Å²) in [5, 5.41) is 41.2. The number of aliphatic hydroxyl groups is 4. The van der Waals surface area contributed by atoms with E-state index in [9.17, 15) is 20.1 Å². The van der Waals surface area contributed by atoms with Gasteiger partial charge in [-0.1, -0.05) is 18.2 Å². The van der Waals surface area contributed by atoms with Crippen LogP contribution in [0.15, 0.2) is 35.4 Å². The van der Waals surface area contributed by atoms with E-state index in [1.807, 2.05) is 0 Å². The average molecular weight is 298 g/mol. The number of esters is 1. The van der Waals surface area contributed by atoms with Crippen molar-refractivity contribution in [2.75, 3.05) is 19.1 Å². The number of anilines is 1. The molecule has 0 aromatic heterocycles. The molecule has 5 N–H and O–H groups in total. The molecular weight excluding hydrogens is 280 g/mol. The zero-order valence-corrected chi connectivity index (χ0v) is 11.4. The van der Waals surface area contributed by atoms with Crippen molar-refractivity contribution in [2.45, 2.75) is 18.3 Å². The molecule has 116 valence electrons. The number of hydrogen-bond donors (Lipinski definition) is 5. The fourth-order valence-electron chi connectivity index (χ4n) is 1.45. The summed E-state index contributed by atoms with van der Waals surface area (Å²) in [6, 6.07) is 8.59. The number of carbonyl (C=O) groups is 1. The van der Waals surface area contributed by atoms with Crippen LogP contribution in [-0.2, 0) is 9.53 Å². The average Bonchev–Trinajstić information content (AvgIpc) is 2.53. The van der Waals surface area contributed by atoms with E-state index < -0.39 is 36.6 Å². The zero-order chi connectivity index (χ0) is 15.8. The van der Waals surface area contributed by atoms with E-state index in [1.165, 1.54) is 0 Å². The first-order valence-electron chi connectivity index (χ1n) is 6.13. The Bertz CT molecular complexity index is 479. The van der Waals surface area contributed by atoms with Crippen LogP contribution in [0.5, 0.6) is 0 Å². The van der Waals surface area contributed by atoms with E-state index >= 15 is 0 Å². The minimum atomic E-state index is -1.82. The minimum absolute atomic E-state index is 0.527. The van der Waals surface area contributed by atoms with Crippen molar-refractivity contribution in [1.29, 1.82) is 0 Å². The minimum Gasteiger partial charge on any atom is -0.464 e. The molecule has 0 bridgehead atoms. The Kier molecular flexibility index (Phi) is 6.76. The predicted molar refractivity (Wildman–Crippen MR) is 74.6 cm³/mol. The van der Waals surface area contributed by atoms with Crippen molar-refractivity contribution in [1.82, 2.24) is 0 Å². The van der Waals surface area contributed by atoms with Gasteiger partial charge >= 0.3 is 5.97 Å². The number of rotatable bonds is 7. The molecule has 0 heterocycles. The highest BCUT2D eigenvalue weighted by atomic mass is 16.5. The second-order valence-electron chi connectivity index (χ2n) is 4.15. The lowest BCUT2D eigenvalue weighted by molar-refractivity contribution is -0.134. The molecule has 0 aliphatic carbocycles. The fourth-order valence-corrected chi connectivity index (χ4v) is 1.45. The van der Waals surface area contributed by atoms with E-state index in [2.05, 4.69) is 15.3 Å². The third-order valence-electron chi connectivity index (χ3n) is 2.66. The van der Waals surface area contributed by atoms with Crippen LogP contribution in [0, 0.1) is 0 Å². The summed E-state index contributed by atoms with van der Waals surface area (Å²) in [4.78, 5) is 11.6. The van der Waals surface area contributed by atoms with Gasteiger partial charge in [0.25, 0.3) is 0 Å². The molecule has 1 rings (SSSR count). The number of hydrogen-bond acceptors (Lipinski definition) is 8. The summed E-state index contributed by atoms with van der Waals surface area (Å²) in [5.41, 5.74) is 2.54. The lowest BCUT2D eigenvalue weighted by atomic mass is 10.0. The normalized spacial score (nSPS) is 16.0. The first-order chi connectivity index (χ1) is 10.0. The maximum atomic E-state index is 11.6. The van der Waals surface area contributed by atoms with Gasteiger partial charge in [-0.2, -0.15) is 5.10 Å². The number of methoxy groups -OCH3 is 1. The number of carbonyl (C=O) groups excluding carboxylic acids is 1. The van der Waals surface area contributed by atoms with Crippen LogP contribution in [0.3, 0.4) is 0 Å². The number of aliphatic hydroxyl groups excluding tert-OH is 4. The maximum absolute atomic E-state index is 11.6. The van der Waals surface area contributed by atoms with Gasteiger partial charge in [-0.25, -0.2) is 4.79 Å². The molecule has 1 aromatic rings. The Labute approximate surface area is 121 Å². The Morgan fingerprint density at radius 1 is 1.29 bits per heavy atom. The Morgan fingerprint density at radius 2 is 1.90 bits per heavy atom. The monoisotopic (exact) mass is 298 g/mol. The van der Waals surface area contributed by atoms with Crippen LogP contribution >= 0.6 is 0 Å². The lowest BCUT2D eigenvalue weighted by Crippen LogP contribution is -2.46. The summed E-state index contributed by atoms with van der Waals surface area (Å²) >= 11 is 0. The van der Waals surface area contributed by atoms with E-state index in [0.717, 1.165) is 7.11 Å². The quantitative estimate of drug-likeness (QED) is 0.240. The highest BCUT2D eigenvalue weighted by Gasteiger charge is 2.33. The summed E-state index contributed by atoms with van der Waals surface area (Å²) in [7, 11) is 1.09. The van der Waals surface area contributed by atoms with Gasteiger partial charge in [0.2, 0.25) is 0 Å². The Hall–Kier alpha value is -2.00. The van der Waals surface area contributed by atoms with E-state index in [0.29, 0.717) is 5.69 Å². The number of ether oxygens (including phenoxy) is 1. The van der Waals surface area contributed by atoms with Crippen molar-refractivity contribution >= 4 is 17.4 Å². The number of nitrogens with zero attached hydrogens (tertiary/aromatic N) is 1. The van der Waals surface area contributed by atoms with Crippen molar-refractivity contribution in [3.8, 4) is 0 Å². The molecule has 21 heavy (non-hydrogen) atoms. The third-order valence-corrected chi connectivity index (χ3v) is 2.66. The molecule has 1 aromatic carbocycles. The van der Waals surface area contributed by atoms with Gasteiger partial charge in [-0.3, -0.25) is 5.43 Å². The summed E-state index contributed by atoms with van der Waals surface area (Å²) in [6.45, 7) is -0.779. The molecule has 3 atom stereocenters. The van der Waals surface area contributed by atoms with Crippen LogP contribution in [0.1, 0.15) is 0 Å². The SMILES string of the molecule is COC(=O)/C(=N\Nc1ccccc1)[C@H](O)[C@@H](O)[C@H](O)CO. The fraction of sp³-hybridized carbons (Fsp3) is 0.385. The molecular formula is C13H18N2O6. The van der Waals surface area contributed by atoms with Gasteiger partial charge in [0, 0.05) is 0 Å². The van der Waals surface area contributed by atoms with Crippen LogP contribution in [0.25, 0.3) is 0 Å². The molecule has 8 nitrogen and oxygen atoms in total. The highest BCUT2D eigenvalue weighted by molar-refractivity contribution is 6.38. The number of hydrazone groups is 1. The molecule has 0 aliphatic rings. The number of nitrogens with one attached hydrogen (secondary N) is 1. The van der Waals surface area contributed by atoms with Gasteiger partial charge in [0.1, 0.15) is 18.3 Å². The molecule has 0 unspecified atom stereocenters. The van der Waals surface area contributed by atoms with Gasteiger partial charge in [-0.05, 0) is 12.1 Å². The third kappa shape index (κ3) is 4.80. The van der Waals surface area contributed by atoms with Crippen LogP contribution in [0.4, 0.5) is 5.69 Å². The molecule has 0 fully saturated rings. The summed E-state index contributed by atoms with van der Waals surface area (Å²) in [6.07, 6.45) is -5.23. The lowest BCUT2D eigenvalue weighted by Gasteiger charge is -2.21. The Morgan fingerprint density at radius 3 is 2.43 bits per heavy atom. The van der Waals surface area contributed by atoms with Gasteiger partial charge in [0.15, 0.2) is 5.71 Å². The second kappa shape index (κ2) is 8.32. The summed E-state index contributed by atoms with van der Waals surface area (Å²) < 4.78 is 4.46. The van der Waals surface area contributed by atoms with E-state index in [4.69, 9.17) is 5.11 Å². The largest absolute Gasteiger partial charge is 0.464 e. The van der Waals surface area contributed by atoms with Crippen molar-refractivity contribution in [2.24, 2.45) is 5.10 Å². The predicted octanol–water partition coefficient (Wildman–Crippen LogP) is -1.30. The van der Waals surface area contributed by atoms with Crippen LogP contribution in [0.2, 0.25) is 0 Å². The highest BCUT2D eigenvalue weighted by Crippen LogP contribution is 2.08. The first-order valence-corrected chi connectivity index (χ1v) is 6.13. The maximum Gasteiger partial charge on any atom is 0.357 e. The Balaban J connectivity index is 2.92. The number of para-hydroxylation sites is 1. The second-order valence-corrected chi connectivity index (χ2v) is 4.15. The van der Waals surface area contributed by atoms with Crippen molar-refractivity contribution < 1.29 is 30.0 Å². The van der Waals surface area contributed by atoms with Crippen molar-refractivity contribution in [3.05, 3.63) is 30.3 Å². The summed E-state index contributed by atoms with van der Waals surface area (Å²) in [5.74, 6) is -0.977. The first kappa shape index (κ1) is 17.1. The smallest absolute Gasteiger partial charge is 0.357 e. The molecule has 0 aliphatic heterocycles. The molecule has 0 radical (unpaired) electrons. The zero-order valence-electron chi connectivity index (χ0n) is 11.4. The van der Waals surface area contributed by atoms with Gasteiger partial charge in [-0.15, -0.1) is 0 Å². The van der Waals surface area contributed by atoms with E-state index in [-0.39, 0.29) is 0 Å².